The Morgan fingerprint density at radius 1 is 1.29 bits per heavy atom. The van der Waals surface area contributed by atoms with Crippen LogP contribution in [-0.4, -0.2) is 31.1 Å². The van der Waals surface area contributed by atoms with Crippen molar-refractivity contribution < 1.29 is 9.84 Å². The van der Waals surface area contributed by atoms with E-state index in [0.717, 1.165) is 25.9 Å². The first kappa shape index (κ1) is 13.6. The molecule has 0 radical (unpaired) electrons. The van der Waals surface area contributed by atoms with E-state index >= 15 is 0 Å². The molecule has 0 aromatic carbocycles. The van der Waals surface area contributed by atoms with Crippen LogP contribution in [0.15, 0.2) is 0 Å². The molecule has 0 saturated heterocycles. The van der Waals surface area contributed by atoms with Crippen molar-refractivity contribution >= 4 is 6.21 Å². The predicted molar refractivity (Wildman–Crippen MR) is 58.9 cm³/mol. The summed E-state index contributed by atoms with van der Waals surface area (Å²) in [5.41, 5.74) is 0. The molecule has 0 saturated carbocycles. The molecule has 0 aromatic rings. The third kappa shape index (κ3) is 8.20. The minimum atomic E-state index is 0.110. The Morgan fingerprint density at radius 2 is 2.07 bits per heavy atom. The van der Waals surface area contributed by atoms with Crippen molar-refractivity contribution in [1.82, 2.24) is 0 Å². The maximum atomic E-state index is 8.52. The van der Waals surface area contributed by atoms with E-state index in [1.807, 2.05) is 0 Å². The van der Waals surface area contributed by atoms with Gasteiger partial charge in [-0.25, -0.2) is 0 Å². The van der Waals surface area contributed by atoms with Crippen molar-refractivity contribution in [2.24, 2.45) is 5.92 Å². The molecule has 0 aliphatic carbocycles. The lowest BCUT2D eigenvalue weighted by atomic mass is 9.95. The molecule has 2 N–H and O–H groups in total. The van der Waals surface area contributed by atoms with E-state index in [-0.39, 0.29) is 6.61 Å². The van der Waals surface area contributed by atoms with Crippen molar-refractivity contribution in [3.05, 3.63) is 0 Å². The quantitative estimate of drug-likeness (QED) is 0.420. The average Bonchev–Trinajstić information content (AvgIpc) is 2.20. The standard InChI is InChI=1S/C11H23NO2/c1-2-4-11(5-3-7-12)6-9-14-10-8-13/h7,11-13H,2-6,8-10H2,1H3. The van der Waals surface area contributed by atoms with Gasteiger partial charge in [0.05, 0.1) is 13.2 Å². The van der Waals surface area contributed by atoms with Crippen molar-refractivity contribution in [1.29, 1.82) is 5.41 Å². The van der Waals surface area contributed by atoms with Crippen LogP contribution in [0.25, 0.3) is 0 Å². The Morgan fingerprint density at radius 3 is 2.64 bits per heavy atom. The maximum absolute atomic E-state index is 8.52. The molecule has 3 nitrogen and oxygen atoms in total. The van der Waals surface area contributed by atoms with Crippen LogP contribution in [0.3, 0.4) is 0 Å². The molecule has 0 rings (SSSR count). The van der Waals surface area contributed by atoms with E-state index in [2.05, 4.69) is 6.92 Å². The normalized spacial score (nSPS) is 12.7. The largest absolute Gasteiger partial charge is 0.394 e. The molecular weight excluding hydrogens is 178 g/mol. The molecule has 0 heterocycles. The summed E-state index contributed by atoms with van der Waals surface area (Å²) < 4.78 is 5.23. The smallest absolute Gasteiger partial charge is 0.0697 e. The van der Waals surface area contributed by atoms with E-state index in [4.69, 9.17) is 15.3 Å². The number of hydrogen-bond donors (Lipinski definition) is 2. The van der Waals surface area contributed by atoms with Gasteiger partial charge < -0.3 is 15.3 Å². The summed E-state index contributed by atoms with van der Waals surface area (Å²) in [5, 5.41) is 15.5. The SMILES string of the molecule is CCCC(CCC=N)CCOCCO. The van der Waals surface area contributed by atoms with E-state index in [9.17, 15) is 0 Å². The highest BCUT2D eigenvalue weighted by Crippen LogP contribution is 2.16. The lowest BCUT2D eigenvalue weighted by molar-refractivity contribution is 0.0816. The minimum absolute atomic E-state index is 0.110. The van der Waals surface area contributed by atoms with Crippen LogP contribution in [0, 0.1) is 11.3 Å². The van der Waals surface area contributed by atoms with E-state index in [1.165, 1.54) is 19.1 Å². The van der Waals surface area contributed by atoms with Gasteiger partial charge in [0.2, 0.25) is 0 Å². The maximum Gasteiger partial charge on any atom is 0.0697 e. The first-order valence-corrected chi connectivity index (χ1v) is 5.52. The molecule has 0 fully saturated rings. The zero-order valence-corrected chi connectivity index (χ0v) is 9.17. The van der Waals surface area contributed by atoms with Gasteiger partial charge in [-0.15, -0.1) is 0 Å². The molecule has 0 aliphatic rings. The topological polar surface area (TPSA) is 53.3 Å². The second kappa shape index (κ2) is 10.7. The summed E-state index contributed by atoms with van der Waals surface area (Å²) >= 11 is 0. The van der Waals surface area contributed by atoms with Gasteiger partial charge in [0.1, 0.15) is 0 Å². The Bertz CT molecular complexity index is 128. The molecule has 84 valence electrons. The van der Waals surface area contributed by atoms with Crippen LogP contribution in [-0.2, 0) is 4.74 Å². The number of ether oxygens (including phenoxy) is 1. The molecule has 0 bridgehead atoms. The molecule has 0 amide bonds. The molecule has 0 spiro atoms. The number of rotatable bonds is 10. The van der Waals surface area contributed by atoms with Crippen LogP contribution in [0.2, 0.25) is 0 Å². The first-order valence-electron chi connectivity index (χ1n) is 5.52. The summed E-state index contributed by atoms with van der Waals surface area (Å²) in [7, 11) is 0. The van der Waals surface area contributed by atoms with Crippen molar-refractivity contribution in [2.45, 2.75) is 39.0 Å². The predicted octanol–water partition coefficient (Wildman–Crippen LogP) is 2.23. The Kier molecular flexibility index (Phi) is 10.4. The number of aliphatic hydroxyl groups excluding tert-OH is 1. The van der Waals surface area contributed by atoms with Crippen LogP contribution in [0.1, 0.15) is 39.0 Å². The molecule has 14 heavy (non-hydrogen) atoms. The average molecular weight is 201 g/mol. The zero-order valence-electron chi connectivity index (χ0n) is 9.17. The zero-order chi connectivity index (χ0) is 10.6. The van der Waals surface area contributed by atoms with Gasteiger partial charge in [-0.1, -0.05) is 19.8 Å². The number of aliphatic hydroxyl groups is 1. The molecule has 3 heteroatoms. The van der Waals surface area contributed by atoms with Crippen molar-refractivity contribution in [2.75, 3.05) is 19.8 Å². The molecule has 1 atom stereocenters. The fourth-order valence-electron chi connectivity index (χ4n) is 1.58. The lowest BCUT2D eigenvalue weighted by Crippen LogP contribution is -2.07. The highest BCUT2D eigenvalue weighted by molar-refractivity contribution is 5.52. The van der Waals surface area contributed by atoms with Crippen LogP contribution in [0.5, 0.6) is 0 Å². The third-order valence-electron chi connectivity index (χ3n) is 2.32. The minimum Gasteiger partial charge on any atom is -0.394 e. The fraction of sp³-hybridized carbons (Fsp3) is 0.909. The number of hydrogen-bond acceptors (Lipinski definition) is 3. The van der Waals surface area contributed by atoms with Gasteiger partial charge in [-0.2, -0.15) is 0 Å². The summed E-state index contributed by atoms with van der Waals surface area (Å²) in [6.07, 6.45) is 6.93. The van der Waals surface area contributed by atoms with Gasteiger partial charge >= 0.3 is 0 Å². The highest BCUT2D eigenvalue weighted by Gasteiger charge is 2.06. The van der Waals surface area contributed by atoms with Crippen molar-refractivity contribution in [3.8, 4) is 0 Å². The molecular formula is C11H23NO2. The van der Waals surface area contributed by atoms with Gasteiger partial charge in [0.15, 0.2) is 0 Å². The van der Waals surface area contributed by atoms with Crippen LogP contribution in [0.4, 0.5) is 0 Å². The summed E-state index contributed by atoms with van der Waals surface area (Å²) in [6.45, 7) is 3.48. The Balaban J connectivity index is 3.45. The van der Waals surface area contributed by atoms with Gasteiger partial charge in [0, 0.05) is 6.61 Å². The summed E-state index contributed by atoms with van der Waals surface area (Å²) in [5.74, 6) is 0.681. The van der Waals surface area contributed by atoms with E-state index in [1.54, 1.807) is 0 Å². The molecule has 1 unspecified atom stereocenters. The monoisotopic (exact) mass is 201 g/mol. The second-order valence-electron chi connectivity index (χ2n) is 3.56. The highest BCUT2D eigenvalue weighted by atomic mass is 16.5. The second-order valence-corrected chi connectivity index (χ2v) is 3.56. The first-order chi connectivity index (χ1) is 6.85. The van der Waals surface area contributed by atoms with Crippen LogP contribution < -0.4 is 0 Å². The van der Waals surface area contributed by atoms with Gasteiger partial charge in [-0.3, -0.25) is 0 Å². The molecule has 0 aromatic heterocycles. The third-order valence-corrected chi connectivity index (χ3v) is 2.32. The lowest BCUT2D eigenvalue weighted by Gasteiger charge is -2.14. The molecule has 0 aliphatic heterocycles. The Labute approximate surface area is 87.0 Å². The van der Waals surface area contributed by atoms with E-state index < -0.39 is 0 Å². The summed E-state index contributed by atoms with van der Waals surface area (Å²) in [6, 6.07) is 0. The number of nitrogens with one attached hydrogen (secondary N) is 1. The summed E-state index contributed by atoms with van der Waals surface area (Å²) in [4.78, 5) is 0. The van der Waals surface area contributed by atoms with Gasteiger partial charge in [0.25, 0.3) is 0 Å². The van der Waals surface area contributed by atoms with Gasteiger partial charge in [-0.05, 0) is 31.4 Å². The van der Waals surface area contributed by atoms with Crippen LogP contribution >= 0.6 is 0 Å². The Hall–Kier alpha value is -0.410. The fourth-order valence-corrected chi connectivity index (χ4v) is 1.58. The van der Waals surface area contributed by atoms with Crippen molar-refractivity contribution in [3.63, 3.8) is 0 Å². The van der Waals surface area contributed by atoms with E-state index in [0.29, 0.717) is 12.5 Å².